The van der Waals surface area contributed by atoms with Crippen molar-refractivity contribution < 1.29 is 14.3 Å². The van der Waals surface area contributed by atoms with Crippen molar-refractivity contribution >= 4 is 17.3 Å². The number of hydrogen-bond donors (Lipinski definition) is 0. The molecule has 0 bridgehead atoms. The molecule has 0 spiro atoms. The van der Waals surface area contributed by atoms with Crippen LogP contribution < -0.4 is 0 Å². The maximum atomic E-state index is 11.5. The summed E-state index contributed by atoms with van der Waals surface area (Å²) < 4.78 is 10.5. The highest BCUT2D eigenvalue weighted by Gasteiger charge is 2.42. The Morgan fingerprint density at radius 1 is 1.26 bits per heavy atom. The lowest BCUT2D eigenvalue weighted by Crippen LogP contribution is -2.36. The zero-order valence-electron chi connectivity index (χ0n) is 12.0. The summed E-state index contributed by atoms with van der Waals surface area (Å²) in [5.41, 5.74) is 0.417. The molecule has 0 unspecified atom stereocenters. The average Bonchev–Trinajstić information content (AvgIpc) is 2.89. The van der Waals surface area contributed by atoms with Crippen LogP contribution in [0.25, 0.3) is 0 Å². The zero-order valence-corrected chi connectivity index (χ0v) is 12.8. The van der Waals surface area contributed by atoms with Crippen molar-refractivity contribution in [3.05, 3.63) is 16.1 Å². The maximum Gasteiger partial charge on any atom is 0.357 e. The van der Waals surface area contributed by atoms with E-state index in [4.69, 9.17) is 9.47 Å². The zero-order chi connectivity index (χ0) is 14.1. The van der Waals surface area contributed by atoms with Crippen LogP contribution in [0.4, 0.5) is 0 Å². The number of esters is 1. The molecule has 1 saturated carbocycles. The highest BCUT2D eigenvalue weighted by Crippen LogP contribution is 2.47. The van der Waals surface area contributed by atoms with Gasteiger partial charge in [-0.2, -0.15) is 0 Å². The van der Waals surface area contributed by atoms with Crippen LogP contribution in [0.5, 0.6) is 0 Å². The molecule has 1 aliphatic rings. The van der Waals surface area contributed by atoms with Gasteiger partial charge in [-0.25, -0.2) is 9.78 Å². The number of aromatic nitrogens is 1. The number of methoxy groups -OCH3 is 2. The number of carbonyl (C=O) groups is 1. The molecule has 0 radical (unpaired) electrons. The second kappa shape index (κ2) is 5.21. The van der Waals surface area contributed by atoms with Crippen molar-refractivity contribution in [2.24, 2.45) is 5.41 Å². The van der Waals surface area contributed by atoms with Crippen LogP contribution in [0.1, 0.15) is 55.0 Å². The first-order valence-corrected chi connectivity index (χ1v) is 7.40. The Balaban J connectivity index is 2.23. The summed E-state index contributed by atoms with van der Waals surface area (Å²) in [6, 6.07) is 0. The first-order chi connectivity index (χ1) is 8.92. The molecule has 0 saturated heterocycles. The Hall–Kier alpha value is -0.940. The fraction of sp³-hybridized carbons (Fsp3) is 0.714. The molecule has 0 N–H and O–H groups in total. The van der Waals surface area contributed by atoms with Gasteiger partial charge in [-0.15, -0.1) is 11.3 Å². The van der Waals surface area contributed by atoms with Gasteiger partial charge in [0.1, 0.15) is 10.6 Å². The van der Waals surface area contributed by atoms with Crippen LogP contribution in [0.3, 0.4) is 0 Å². The van der Waals surface area contributed by atoms with Crippen LogP contribution in [0.2, 0.25) is 0 Å². The second-order valence-corrected chi connectivity index (χ2v) is 6.75. The normalized spacial score (nSPS) is 21.1. The van der Waals surface area contributed by atoms with Crippen molar-refractivity contribution in [2.45, 2.75) is 45.1 Å². The van der Waals surface area contributed by atoms with Gasteiger partial charge in [0.15, 0.2) is 5.69 Å². The predicted octanol–water partition coefficient (Wildman–Crippen LogP) is 3.37. The summed E-state index contributed by atoms with van der Waals surface area (Å²) in [6.45, 7) is 4.57. The highest BCUT2D eigenvalue weighted by atomic mass is 32.1. The fourth-order valence-corrected chi connectivity index (χ4v) is 3.54. The van der Waals surface area contributed by atoms with Gasteiger partial charge in [0.25, 0.3) is 0 Å². The van der Waals surface area contributed by atoms with Crippen LogP contribution in [-0.2, 0) is 15.1 Å². The monoisotopic (exact) mass is 283 g/mol. The first-order valence-electron chi connectivity index (χ1n) is 6.52. The van der Waals surface area contributed by atoms with Gasteiger partial charge < -0.3 is 9.47 Å². The maximum absolute atomic E-state index is 11.5. The van der Waals surface area contributed by atoms with E-state index in [1.54, 1.807) is 12.5 Å². The Morgan fingerprint density at radius 2 is 1.89 bits per heavy atom. The number of carbonyl (C=O) groups excluding carboxylic acids is 1. The summed E-state index contributed by atoms with van der Waals surface area (Å²) in [7, 11) is 3.11. The largest absolute Gasteiger partial charge is 0.464 e. The molecule has 1 fully saturated rings. The fourth-order valence-electron chi connectivity index (χ4n) is 2.52. The highest BCUT2D eigenvalue weighted by molar-refractivity contribution is 7.10. The van der Waals surface area contributed by atoms with E-state index in [1.165, 1.54) is 18.4 Å². The van der Waals surface area contributed by atoms with Gasteiger partial charge in [0.2, 0.25) is 0 Å². The van der Waals surface area contributed by atoms with Gasteiger partial charge >= 0.3 is 5.97 Å². The van der Waals surface area contributed by atoms with Gasteiger partial charge in [0, 0.05) is 12.5 Å². The van der Waals surface area contributed by atoms with E-state index in [9.17, 15) is 4.79 Å². The summed E-state index contributed by atoms with van der Waals surface area (Å²) in [5, 5.41) is 2.65. The van der Waals surface area contributed by atoms with Crippen LogP contribution in [0.15, 0.2) is 5.38 Å². The van der Waals surface area contributed by atoms with Gasteiger partial charge in [-0.05, 0) is 31.1 Å². The molecule has 106 valence electrons. The van der Waals surface area contributed by atoms with Crippen molar-refractivity contribution in [1.29, 1.82) is 0 Å². The molecule has 0 atom stereocenters. The molecule has 1 aromatic heterocycles. The summed E-state index contributed by atoms with van der Waals surface area (Å²) in [4.78, 5) is 15.9. The lowest BCUT2D eigenvalue weighted by atomic mass is 9.71. The minimum atomic E-state index is -0.384. The van der Waals surface area contributed by atoms with Crippen molar-refractivity contribution in [3.8, 4) is 0 Å². The van der Waals surface area contributed by atoms with E-state index >= 15 is 0 Å². The molecule has 4 nitrogen and oxygen atoms in total. The SMILES string of the molecule is COC(=O)c1csc(C2(OC)CCC(C)(C)CC2)n1. The van der Waals surface area contributed by atoms with E-state index in [2.05, 4.69) is 18.8 Å². The minimum absolute atomic E-state index is 0.327. The Kier molecular flexibility index (Phi) is 3.97. The molecule has 2 rings (SSSR count). The standard InChI is InChI=1S/C14H21NO3S/c1-13(2)5-7-14(18-4,8-6-13)12-15-10(9-19-12)11(16)17-3/h9H,5-8H2,1-4H3. The first kappa shape index (κ1) is 14.5. The average molecular weight is 283 g/mol. The predicted molar refractivity (Wildman–Crippen MR) is 74.4 cm³/mol. The number of ether oxygens (including phenoxy) is 2. The summed E-state index contributed by atoms with van der Waals surface area (Å²) in [6.07, 6.45) is 4.11. The van der Waals surface area contributed by atoms with Crippen molar-refractivity contribution in [2.75, 3.05) is 14.2 Å². The topological polar surface area (TPSA) is 48.4 Å². The van der Waals surface area contributed by atoms with E-state index in [-0.39, 0.29) is 11.6 Å². The van der Waals surface area contributed by atoms with Crippen LogP contribution in [-0.4, -0.2) is 25.2 Å². The Bertz CT molecular complexity index is 457. The van der Waals surface area contributed by atoms with Crippen molar-refractivity contribution in [3.63, 3.8) is 0 Å². The van der Waals surface area contributed by atoms with E-state index < -0.39 is 0 Å². The second-order valence-electron chi connectivity index (χ2n) is 5.89. The van der Waals surface area contributed by atoms with Gasteiger partial charge in [-0.1, -0.05) is 13.8 Å². The van der Waals surface area contributed by atoms with E-state index in [1.807, 2.05) is 0 Å². The number of thiazole rings is 1. The third-order valence-electron chi connectivity index (χ3n) is 4.09. The Morgan fingerprint density at radius 3 is 2.42 bits per heavy atom. The lowest BCUT2D eigenvalue weighted by molar-refractivity contribution is -0.0668. The van der Waals surface area contributed by atoms with Crippen LogP contribution in [0, 0.1) is 5.41 Å². The molecule has 0 amide bonds. The van der Waals surface area contributed by atoms with Gasteiger partial charge in [-0.3, -0.25) is 0 Å². The minimum Gasteiger partial charge on any atom is -0.464 e. The lowest BCUT2D eigenvalue weighted by Gasteiger charge is -2.41. The molecule has 5 heteroatoms. The van der Waals surface area contributed by atoms with Crippen molar-refractivity contribution in [1.82, 2.24) is 4.98 Å². The Labute approximate surface area is 118 Å². The third-order valence-corrected chi connectivity index (χ3v) is 5.12. The summed E-state index contributed by atoms with van der Waals surface area (Å²) in [5.74, 6) is -0.384. The summed E-state index contributed by atoms with van der Waals surface area (Å²) >= 11 is 1.49. The molecular weight excluding hydrogens is 262 g/mol. The van der Waals surface area contributed by atoms with E-state index in [0.717, 1.165) is 30.7 Å². The molecule has 0 aliphatic heterocycles. The molecule has 1 aliphatic carbocycles. The smallest absolute Gasteiger partial charge is 0.357 e. The number of rotatable bonds is 3. The molecular formula is C14H21NO3S. The van der Waals surface area contributed by atoms with E-state index in [0.29, 0.717) is 11.1 Å². The quantitative estimate of drug-likeness (QED) is 0.798. The molecule has 1 heterocycles. The molecule has 1 aromatic rings. The van der Waals surface area contributed by atoms with Gasteiger partial charge in [0.05, 0.1) is 7.11 Å². The third kappa shape index (κ3) is 2.82. The molecule has 19 heavy (non-hydrogen) atoms. The van der Waals surface area contributed by atoms with Crippen LogP contribution >= 0.6 is 11.3 Å². The molecule has 0 aromatic carbocycles. The number of nitrogens with zero attached hydrogens (tertiary/aromatic N) is 1. The number of hydrogen-bond acceptors (Lipinski definition) is 5.